The zero-order valence-corrected chi connectivity index (χ0v) is 20.5. The number of rotatable bonds is 4. The lowest BCUT2D eigenvalue weighted by Crippen LogP contribution is -2.60. The Bertz CT molecular complexity index is 794. The highest BCUT2D eigenvalue weighted by atomic mass is 16.3. The molecule has 3 saturated carbocycles. The minimum absolute atomic E-state index is 0.0794. The predicted octanol–water partition coefficient (Wildman–Crippen LogP) is 3.48. The molecule has 5 heteroatoms. The fourth-order valence-electron chi connectivity index (χ4n) is 8.16. The van der Waals surface area contributed by atoms with Crippen LogP contribution in [0.15, 0.2) is 23.8 Å². The van der Waals surface area contributed by atoms with Crippen molar-refractivity contribution in [2.45, 2.75) is 115 Å². The Morgan fingerprint density at radius 2 is 1.75 bits per heavy atom. The molecule has 0 amide bonds. The molecule has 0 bridgehead atoms. The van der Waals surface area contributed by atoms with Gasteiger partial charge < -0.3 is 25.5 Å². The van der Waals surface area contributed by atoms with Crippen LogP contribution in [-0.2, 0) is 0 Å². The topological polar surface area (TPSA) is 101 Å². The molecule has 0 saturated heterocycles. The summed E-state index contributed by atoms with van der Waals surface area (Å²) < 4.78 is 0. The van der Waals surface area contributed by atoms with E-state index in [0.717, 1.165) is 31.3 Å². The summed E-state index contributed by atoms with van der Waals surface area (Å²) in [5, 5.41) is 54.4. The summed E-state index contributed by atoms with van der Waals surface area (Å²) in [6.45, 7) is 9.75. The number of hydrogen-bond donors (Lipinski definition) is 5. The third-order valence-corrected chi connectivity index (χ3v) is 10.1. The molecular formula is C27H44O5. The molecule has 32 heavy (non-hydrogen) atoms. The van der Waals surface area contributed by atoms with Crippen molar-refractivity contribution < 1.29 is 25.5 Å². The van der Waals surface area contributed by atoms with Gasteiger partial charge in [0.2, 0.25) is 0 Å². The van der Waals surface area contributed by atoms with E-state index in [4.69, 9.17) is 0 Å². The number of fused-ring (bicyclic) bond motifs is 5. The standard InChI is InChI=1S/C27H44O5/c1-23(2,30)11-6-12-26(5,31)22-10-14-27(32)19-8-7-17-15-20(28)21(29)16-24(17,3)18(19)9-13-25(22,27)4/h6,8,12,17-18,20-22,28-32H,7,9-11,13-16H2,1-5H3. The van der Waals surface area contributed by atoms with Crippen molar-refractivity contribution in [2.24, 2.45) is 28.6 Å². The Morgan fingerprint density at radius 3 is 2.41 bits per heavy atom. The minimum atomic E-state index is -1.07. The van der Waals surface area contributed by atoms with E-state index in [1.54, 1.807) is 13.8 Å². The molecule has 4 aliphatic rings. The summed E-state index contributed by atoms with van der Waals surface area (Å²) in [5.41, 5.74) is -2.27. The van der Waals surface area contributed by atoms with Crippen LogP contribution < -0.4 is 0 Å². The lowest BCUT2D eigenvalue weighted by atomic mass is 9.46. The first-order chi connectivity index (χ1) is 14.6. The number of aliphatic hydroxyl groups excluding tert-OH is 2. The highest BCUT2D eigenvalue weighted by Gasteiger charge is 2.67. The molecule has 182 valence electrons. The Labute approximate surface area is 193 Å². The minimum Gasteiger partial charge on any atom is -0.390 e. The van der Waals surface area contributed by atoms with E-state index in [2.05, 4.69) is 19.9 Å². The summed E-state index contributed by atoms with van der Waals surface area (Å²) in [5.74, 6) is 0.452. The van der Waals surface area contributed by atoms with Crippen molar-refractivity contribution in [3.63, 3.8) is 0 Å². The van der Waals surface area contributed by atoms with Gasteiger partial charge in [-0.15, -0.1) is 0 Å². The molecule has 4 rings (SSSR count). The summed E-state index contributed by atoms with van der Waals surface area (Å²) in [6.07, 6.45) is 10.2. The SMILES string of the molecule is CC(C)(O)CC=CC(C)(O)C1CCC2(O)C3=CCC4CC(O)C(O)CC4(C)C3CCC12C. The lowest BCUT2D eigenvalue weighted by molar-refractivity contribution is -0.145. The van der Waals surface area contributed by atoms with Gasteiger partial charge in [0, 0.05) is 5.41 Å². The third-order valence-electron chi connectivity index (χ3n) is 10.1. The molecule has 3 fully saturated rings. The quantitative estimate of drug-likeness (QED) is 0.424. The van der Waals surface area contributed by atoms with Gasteiger partial charge in [-0.2, -0.15) is 0 Å². The normalized spacial score (nSPS) is 48.6. The molecule has 9 atom stereocenters. The van der Waals surface area contributed by atoms with E-state index in [-0.39, 0.29) is 17.3 Å². The largest absolute Gasteiger partial charge is 0.390 e. The molecule has 0 aromatic carbocycles. The van der Waals surface area contributed by atoms with Crippen molar-refractivity contribution >= 4 is 0 Å². The first-order valence-corrected chi connectivity index (χ1v) is 12.6. The van der Waals surface area contributed by atoms with Crippen molar-refractivity contribution in [2.75, 3.05) is 0 Å². The Kier molecular flexibility index (Phi) is 5.83. The Morgan fingerprint density at radius 1 is 1.06 bits per heavy atom. The smallest absolute Gasteiger partial charge is 0.0916 e. The van der Waals surface area contributed by atoms with Crippen molar-refractivity contribution in [1.82, 2.24) is 0 Å². The van der Waals surface area contributed by atoms with E-state index >= 15 is 0 Å². The Balaban J connectivity index is 1.63. The highest BCUT2D eigenvalue weighted by molar-refractivity contribution is 5.36. The molecule has 5 N–H and O–H groups in total. The summed E-state index contributed by atoms with van der Waals surface area (Å²) in [6, 6.07) is 0. The van der Waals surface area contributed by atoms with Crippen LogP contribution in [0.25, 0.3) is 0 Å². The van der Waals surface area contributed by atoms with E-state index in [0.29, 0.717) is 31.6 Å². The van der Waals surface area contributed by atoms with E-state index in [9.17, 15) is 25.5 Å². The zero-order valence-electron chi connectivity index (χ0n) is 20.5. The van der Waals surface area contributed by atoms with Crippen molar-refractivity contribution in [3.8, 4) is 0 Å². The summed E-state index contributed by atoms with van der Waals surface area (Å²) >= 11 is 0. The van der Waals surface area contributed by atoms with Crippen LogP contribution in [0.2, 0.25) is 0 Å². The van der Waals surface area contributed by atoms with Gasteiger partial charge >= 0.3 is 0 Å². The second kappa shape index (κ2) is 7.64. The molecule has 0 spiro atoms. The molecule has 0 aliphatic heterocycles. The van der Waals surface area contributed by atoms with Crippen LogP contribution in [0.4, 0.5) is 0 Å². The maximum Gasteiger partial charge on any atom is 0.0916 e. The maximum atomic E-state index is 12.2. The first kappa shape index (κ1) is 24.4. The van der Waals surface area contributed by atoms with Crippen LogP contribution in [0.5, 0.6) is 0 Å². The van der Waals surface area contributed by atoms with Crippen LogP contribution in [-0.4, -0.2) is 54.5 Å². The molecule has 0 aromatic heterocycles. The zero-order chi connectivity index (χ0) is 23.7. The number of aliphatic hydroxyl groups is 5. The number of allylic oxidation sites excluding steroid dienone is 1. The lowest BCUT2D eigenvalue weighted by Gasteiger charge is -2.61. The Hall–Kier alpha value is -0.720. The van der Waals surface area contributed by atoms with Crippen molar-refractivity contribution in [3.05, 3.63) is 23.8 Å². The second-order valence-electron chi connectivity index (χ2n) is 12.8. The van der Waals surface area contributed by atoms with Crippen LogP contribution in [0, 0.1) is 28.6 Å². The second-order valence-corrected chi connectivity index (χ2v) is 12.8. The van der Waals surface area contributed by atoms with Gasteiger partial charge in [0.05, 0.1) is 29.0 Å². The molecule has 9 unspecified atom stereocenters. The van der Waals surface area contributed by atoms with Crippen LogP contribution >= 0.6 is 0 Å². The average molecular weight is 449 g/mol. The van der Waals surface area contributed by atoms with Gasteiger partial charge in [-0.3, -0.25) is 0 Å². The molecule has 5 nitrogen and oxygen atoms in total. The fraction of sp³-hybridized carbons (Fsp3) is 0.852. The van der Waals surface area contributed by atoms with Gasteiger partial charge in [-0.05, 0) is 101 Å². The summed E-state index contributed by atoms with van der Waals surface area (Å²) in [4.78, 5) is 0. The fourth-order valence-corrected chi connectivity index (χ4v) is 8.16. The molecule has 0 heterocycles. The molecular weight excluding hydrogens is 404 g/mol. The van der Waals surface area contributed by atoms with Crippen LogP contribution in [0.3, 0.4) is 0 Å². The van der Waals surface area contributed by atoms with E-state index < -0.39 is 34.4 Å². The monoisotopic (exact) mass is 448 g/mol. The predicted molar refractivity (Wildman–Crippen MR) is 125 cm³/mol. The summed E-state index contributed by atoms with van der Waals surface area (Å²) in [7, 11) is 0. The number of hydrogen-bond acceptors (Lipinski definition) is 5. The van der Waals surface area contributed by atoms with Gasteiger partial charge in [0.25, 0.3) is 0 Å². The maximum absolute atomic E-state index is 12.2. The van der Waals surface area contributed by atoms with E-state index in [1.807, 2.05) is 19.1 Å². The van der Waals surface area contributed by atoms with Crippen molar-refractivity contribution in [1.29, 1.82) is 0 Å². The van der Waals surface area contributed by atoms with Gasteiger partial charge in [-0.25, -0.2) is 0 Å². The highest BCUT2D eigenvalue weighted by Crippen LogP contribution is 2.68. The molecule has 0 aromatic rings. The average Bonchev–Trinajstić information content (AvgIpc) is 2.94. The first-order valence-electron chi connectivity index (χ1n) is 12.6. The third kappa shape index (κ3) is 3.63. The van der Waals surface area contributed by atoms with Gasteiger partial charge in [0.15, 0.2) is 0 Å². The molecule has 4 aliphatic carbocycles. The van der Waals surface area contributed by atoms with Gasteiger partial charge in [-0.1, -0.05) is 32.1 Å². The van der Waals surface area contributed by atoms with Crippen LogP contribution in [0.1, 0.15) is 86.0 Å². The van der Waals surface area contributed by atoms with E-state index in [1.165, 1.54) is 0 Å². The van der Waals surface area contributed by atoms with Gasteiger partial charge in [0.1, 0.15) is 0 Å². The molecule has 0 radical (unpaired) electrons.